The zero-order valence-electron chi connectivity index (χ0n) is 21.7. The third-order valence-corrected chi connectivity index (χ3v) is 6.95. The highest BCUT2D eigenvalue weighted by Crippen LogP contribution is 2.32. The summed E-state index contributed by atoms with van der Waals surface area (Å²) < 4.78 is 0. The molecule has 1 aromatic carbocycles. The average molecular weight is 514 g/mol. The molecule has 3 N–H and O–H groups in total. The number of fused-ring (bicyclic) bond motifs is 2. The standard InChI is InChI=1S/C30H27N9/c1-18-12-20(8-9-31-18)35-22-14-28-29(33-17-22)38-30(37-28)26-6-4-21(16-32-26)36-27-13-19(2)34-25-7-5-23(15-24(25)27)39-10-3-11-39/h4-9,12-17H,3,10-11H2,1-2H3,(H,31,35)(H,34,36)(H,33,37,38). The number of aromatic nitrogens is 6. The van der Waals surface area contributed by atoms with Crippen LogP contribution in [0.2, 0.25) is 0 Å². The van der Waals surface area contributed by atoms with Crippen molar-refractivity contribution in [2.24, 2.45) is 0 Å². The Bertz CT molecular complexity index is 1820. The fourth-order valence-electron chi connectivity index (χ4n) is 4.86. The van der Waals surface area contributed by atoms with Gasteiger partial charge < -0.3 is 20.5 Å². The van der Waals surface area contributed by atoms with E-state index in [4.69, 9.17) is 4.98 Å². The lowest BCUT2D eigenvalue weighted by Crippen LogP contribution is -2.36. The Morgan fingerprint density at radius 3 is 2.46 bits per heavy atom. The first-order valence-electron chi connectivity index (χ1n) is 13.0. The molecular weight excluding hydrogens is 486 g/mol. The quantitative estimate of drug-likeness (QED) is 0.239. The van der Waals surface area contributed by atoms with Gasteiger partial charge >= 0.3 is 0 Å². The van der Waals surface area contributed by atoms with Crippen LogP contribution in [0.3, 0.4) is 0 Å². The molecule has 0 aliphatic carbocycles. The molecule has 0 amide bonds. The van der Waals surface area contributed by atoms with Gasteiger partial charge in [-0.25, -0.2) is 9.97 Å². The van der Waals surface area contributed by atoms with Crippen molar-refractivity contribution in [3.05, 3.63) is 84.6 Å². The van der Waals surface area contributed by atoms with E-state index in [1.807, 2.05) is 50.4 Å². The van der Waals surface area contributed by atoms with Crippen LogP contribution in [0.4, 0.5) is 28.4 Å². The van der Waals surface area contributed by atoms with Crippen molar-refractivity contribution in [2.45, 2.75) is 20.3 Å². The number of hydrogen-bond acceptors (Lipinski definition) is 8. The molecule has 5 aromatic heterocycles. The molecule has 0 spiro atoms. The predicted octanol–water partition coefficient (Wildman–Crippen LogP) is 6.28. The molecule has 0 radical (unpaired) electrons. The lowest BCUT2D eigenvalue weighted by atomic mass is 10.1. The van der Waals surface area contributed by atoms with Gasteiger partial charge in [-0.3, -0.25) is 15.0 Å². The molecule has 39 heavy (non-hydrogen) atoms. The van der Waals surface area contributed by atoms with Gasteiger partial charge in [0.15, 0.2) is 11.5 Å². The van der Waals surface area contributed by atoms with E-state index < -0.39 is 0 Å². The van der Waals surface area contributed by atoms with Gasteiger partial charge in [-0.2, -0.15) is 0 Å². The summed E-state index contributed by atoms with van der Waals surface area (Å²) in [7, 11) is 0. The number of imidazole rings is 1. The van der Waals surface area contributed by atoms with Crippen molar-refractivity contribution in [1.82, 2.24) is 29.9 Å². The largest absolute Gasteiger partial charge is 0.371 e. The molecule has 0 unspecified atom stereocenters. The van der Waals surface area contributed by atoms with Crippen LogP contribution in [0, 0.1) is 13.8 Å². The van der Waals surface area contributed by atoms with Crippen molar-refractivity contribution in [3.8, 4) is 11.5 Å². The van der Waals surface area contributed by atoms with E-state index in [1.165, 1.54) is 12.1 Å². The molecule has 1 aliphatic heterocycles. The fraction of sp³-hybridized carbons (Fsp3) is 0.167. The van der Waals surface area contributed by atoms with Gasteiger partial charge in [0.2, 0.25) is 0 Å². The van der Waals surface area contributed by atoms with Gasteiger partial charge in [-0.15, -0.1) is 0 Å². The van der Waals surface area contributed by atoms with Crippen LogP contribution < -0.4 is 15.5 Å². The van der Waals surface area contributed by atoms with Crippen molar-refractivity contribution in [2.75, 3.05) is 28.6 Å². The van der Waals surface area contributed by atoms with E-state index in [-0.39, 0.29) is 0 Å². The monoisotopic (exact) mass is 513 g/mol. The highest BCUT2D eigenvalue weighted by atomic mass is 15.2. The summed E-state index contributed by atoms with van der Waals surface area (Å²) in [5.74, 6) is 0.672. The molecule has 0 bridgehead atoms. The Labute approximate surface area is 225 Å². The molecule has 6 aromatic rings. The molecule has 9 nitrogen and oxygen atoms in total. The first-order valence-corrected chi connectivity index (χ1v) is 13.0. The van der Waals surface area contributed by atoms with Gasteiger partial charge in [-0.1, -0.05) is 0 Å². The minimum Gasteiger partial charge on any atom is -0.371 e. The summed E-state index contributed by atoms with van der Waals surface area (Å²) >= 11 is 0. The topological polar surface area (TPSA) is 108 Å². The van der Waals surface area contributed by atoms with Crippen molar-refractivity contribution in [1.29, 1.82) is 0 Å². The first-order chi connectivity index (χ1) is 19.1. The maximum Gasteiger partial charge on any atom is 0.178 e. The Kier molecular flexibility index (Phi) is 5.54. The minimum atomic E-state index is 0.641. The second-order valence-corrected chi connectivity index (χ2v) is 9.90. The molecule has 1 aliphatic rings. The third-order valence-electron chi connectivity index (χ3n) is 6.95. The van der Waals surface area contributed by atoms with Crippen LogP contribution in [-0.2, 0) is 0 Å². The van der Waals surface area contributed by atoms with Crippen LogP contribution in [0.5, 0.6) is 0 Å². The highest BCUT2D eigenvalue weighted by Gasteiger charge is 2.16. The van der Waals surface area contributed by atoms with E-state index in [0.29, 0.717) is 11.5 Å². The fourth-order valence-corrected chi connectivity index (χ4v) is 4.86. The molecule has 192 valence electrons. The van der Waals surface area contributed by atoms with Crippen molar-refractivity contribution >= 4 is 50.5 Å². The Morgan fingerprint density at radius 2 is 1.67 bits per heavy atom. The summed E-state index contributed by atoms with van der Waals surface area (Å²) in [6, 6.07) is 18.5. The number of nitrogens with one attached hydrogen (secondary N) is 3. The van der Waals surface area contributed by atoms with Gasteiger partial charge in [0.25, 0.3) is 0 Å². The summed E-state index contributed by atoms with van der Waals surface area (Å²) in [6.45, 7) is 6.20. The summed E-state index contributed by atoms with van der Waals surface area (Å²) in [5.41, 5.74) is 10.1. The predicted molar refractivity (Wildman–Crippen MR) is 156 cm³/mol. The van der Waals surface area contributed by atoms with E-state index >= 15 is 0 Å². The van der Waals surface area contributed by atoms with Crippen LogP contribution in [0.1, 0.15) is 17.8 Å². The number of H-pyrrole nitrogens is 1. The number of hydrogen-bond donors (Lipinski definition) is 3. The van der Waals surface area contributed by atoms with E-state index in [9.17, 15) is 0 Å². The van der Waals surface area contributed by atoms with E-state index in [1.54, 1.807) is 12.4 Å². The number of rotatable bonds is 6. The van der Waals surface area contributed by atoms with Crippen molar-refractivity contribution < 1.29 is 0 Å². The summed E-state index contributed by atoms with van der Waals surface area (Å²) in [4.78, 5) is 28.6. The molecule has 0 saturated carbocycles. The molecule has 6 heterocycles. The third kappa shape index (κ3) is 4.59. The van der Waals surface area contributed by atoms with E-state index in [0.717, 1.165) is 69.3 Å². The van der Waals surface area contributed by atoms with Crippen LogP contribution in [0.15, 0.2) is 73.2 Å². The Morgan fingerprint density at radius 1 is 0.769 bits per heavy atom. The van der Waals surface area contributed by atoms with Crippen molar-refractivity contribution in [3.63, 3.8) is 0 Å². The maximum absolute atomic E-state index is 4.73. The van der Waals surface area contributed by atoms with Crippen LogP contribution in [0.25, 0.3) is 33.6 Å². The Hall–Kier alpha value is -5.05. The lowest BCUT2D eigenvalue weighted by molar-refractivity contribution is 0.618. The summed E-state index contributed by atoms with van der Waals surface area (Å²) in [5, 5.41) is 8.02. The SMILES string of the molecule is Cc1cc(Nc2cnc3nc(-c4ccc(Nc5cc(C)nc6ccc(N7CCC7)cc56)cn4)[nH]c3c2)ccn1. The smallest absolute Gasteiger partial charge is 0.178 e. The van der Waals surface area contributed by atoms with Gasteiger partial charge in [0, 0.05) is 53.1 Å². The normalized spacial score (nSPS) is 13.0. The first kappa shape index (κ1) is 23.1. The average Bonchev–Trinajstić information content (AvgIpc) is 3.32. The number of nitrogens with zero attached hydrogens (tertiary/aromatic N) is 6. The van der Waals surface area contributed by atoms with E-state index in [2.05, 4.69) is 64.7 Å². The molecule has 7 rings (SSSR count). The van der Waals surface area contributed by atoms with Crippen LogP contribution >= 0.6 is 0 Å². The van der Waals surface area contributed by atoms with Crippen LogP contribution in [-0.4, -0.2) is 43.0 Å². The summed E-state index contributed by atoms with van der Waals surface area (Å²) in [6.07, 6.45) is 6.64. The number of benzene rings is 1. The van der Waals surface area contributed by atoms with Gasteiger partial charge in [0.05, 0.1) is 34.8 Å². The van der Waals surface area contributed by atoms with Gasteiger partial charge in [0.1, 0.15) is 5.69 Å². The maximum atomic E-state index is 4.73. The molecule has 9 heteroatoms. The highest BCUT2D eigenvalue weighted by molar-refractivity contribution is 5.95. The second-order valence-electron chi connectivity index (χ2n) is 9.90. The Balaban J connectivity index is 1.13. The van der Waals surface area contributed by atoms with Gasteiger partial charge in [-0.05, 0) is 74.9 Å². The zero-order chi connectivity index (χ0) is 26.3. The molecule has 1 saturated heterocycles. The number of aryl methyl sites for hydroxylation is 2. The number of anilines is 5. The minimum absolute atomic E-state index is 0.641. The number of aromatic amines is 1. The second kappa shape index (κ2) is 9.36. The lowest BCUT2D eigenvalue weighted by Gasteiger charge is -2.33. The zero-order valence-corrected chi connectivity index (χ0v) is 21.7. The molecule has 0 atom stereocenters. The number of pyridine rings is 4. The molecule has 1 fully saturated rings. The molecular formula is C30H27N9.